The summed E-state index contributed by atoms with van der Waals surface area (Å²) >= 11 is 0. The fourth-order valence-corrected chi connectivity index (χ4v) is 4.33. The second-order valence-electron chi connectivity index (χ2n) is 9.04. The van der Waals surface area contributed by atoms with Crippen molar-refractivity contribution in [2.24, 2.45) is 5.92 Å². The summed E-state index contributed by atoms with van der Waals surface area (Å²) in [6, 6.07) is 3.90. The van der Waals surface area contributed by atoms with E-state index in [0.717, 1.165) is 17.3 Å². The molecule has 0 fully saturated rings. The Morgan fingerprint density at radius 3 is 2.67 bits per heavy atom. The van der Waals surface area contributed by atoms with Crippen LogP contribution in [0, 0.1) is 12.8 Å². The number of halogens is 3. The highest BCUT2D eigenvalue weighted by Crippen LogP contribution is 2.36. The maximum absolute atomic E-state index is 12.9. The number of carbonyl (C=O) groups excluding carboxylic acids is 1. The third-order valence-corrected chi connectivity index (χ3v) is 6.04. The van der Waals surface area contributed by atoms with Gasteiger partial charge in [0.25, 0.3) is 0 Å². The molecule has 0 saturated heterocycles. The van der Waals surface area contributed by atoms with Crippen LogP contribution in [-0.4, -0.2) is 45.9 Å². The van der Waals surface area contributed by atoms with Gasteiger partial charge in [-0.1, -0.05) is 13.8 Å². The molecule has 0 bridgehead atoms. The molecule has 3 aromatic rings. The lowest BCUT2D eigenvalue weighted by Crippen LogP contribution is -2.49. The largest absolute Gasteiger partial charge is 0.481 e. The maximum atomic E-state index is 12.9. The van der Waals surface area contributed by atoms with E-state index in [-0.39, 0.29) is 30.3 Å². The number of pyridine rings is 2. The predicted octanol–water partition coefficient (Wildman–Crippen LogP) is 4.08. The van der Waals surface area contributed by atoms with Gasteiger partial charge in [0.2, 0.25) is 11.8 Å². The minimum Gasteiger partial charge on any atom is -0.481 e. The fourth-order valence-electron chi connectivity index (χ4n) is 4.33. The van der Waals surface area contributed by atoms with Gasteiger partial charge in [-0.05, 0) is 25.0 Å². The Hall–Kier alpha value is -3.83. The highest BCUT2D eigenvalue weighted by atomic mass is 19.4. The fraction of sp³-hybridized carbons (Fsp3) is 0.417. The Morgan fingerprint density at radius 2 is 2.00 bits per heavy atom. The number of fused-ring (bicyclic) bond motifs is 1. The highest BCUT2D eigenvalue weighted by molar-refractivity contribution is 6.04. The summed E-state index contributed by atoms with van der Waals surface area (Å²) < 4.78 is 45.5. The number of ether oxygens (including phenoxy) is 1. The summed E-state index contributed by atoms with van der Waals surface area (Å²) in [5, 5.41) is 10.6. The third-order valence-electron chi connectivity index (χ3n) is 6.04. The molecule has 0 saturated carbocycles. The third kappa shape index (κ3) is 5.07. The zero-order chi connectivity index (χ0) is 26.2. The van der Waals surface area contributed by atoms with E-state index in [2.05, 4.69) is 25.7 Å². The standard InChI is InChI=1S/C24H28F3N7O2/c1-13(2)21-22(35)32-20-14(3)30-19(8-17(20)33(21)4)28-9-15-10-29-34(11-15)12-16-6-7-18(24(25,26)27)31-23(16)36-5/h6-8,10-11,13,21H,9,12H2,1-5H3,(H,28,30)(H,32,35)/t21-/m0/s1. The van der Waals surface area contributed by atoms with Gasteiger partial charge in [0.15, 0.2) is 0 Å². The van der Waals surface area contributed by atoms with Crippen LogP contribution in [-0.2, 0) is 24.1 Å². The van der Waals surface area contributed by atoms with Crippen LogP contribution in [0.2, 0.25) is 0 Å². The minimum absolute atomic E-state index is 0.0436. The van der Waals surface area contributed by atoms with Gasteiger partial charge in [-0.15, -0.1) is 0 Å². The molecular weight excluding hydrogens is 475 g/mol. The molecule has 4 heterocycles. The number of alkyl halides is 3. The number of nitrogens with zero attached hydrogens (tertiary/aromatic N) is 5. The molecule has 4 rings (SSSR count). The molecular formula is C24H28F3N7O2. The van der Waals surface area contributed by atoms with E-state index in [1.54, 1.807) is 17.1 Å². The molecule has 0 aromatic carbocycles. The lowest BCUT2D eigenvalue weighted by atomic mass is 9.98. The monoisotopic (exact) mass is 503 g/mol. The zero-order valence-electron chi connectivity index (χ0n) is 20.6. The van der Waals surface area contributed by atoms with Crippen molar-refractivity contribution in [1.29, 1.82) is 0 Å². The molecule has 12 heteroatoms. The molecule has 192 valence electrons. The van der Waals surface area contributed by atoms with Gasteiger partial charge in [0, 0.05) is 37.0 Å². The van der Waals surface area contributed by atoms with Crippen molar-refractivity contribution in [3.05, 3.63) is 53.1 Å². The molecule has 2 N–H and O–H groups in total. The van der Waals surface area contributed by atoms with Crippen molar-refractivity contribution in [3.63, 3.8) is 0 Å². The van der Waals surface area contributed by atoms with Crippen LogP contribution in [0.5, 0.6) is 5.88 Å². The molecule has 0 radical (unpaired) electrons. The highest BCUT2D eigenvalue weighted by Gasteiger charge is 2.34. The average molecular weight is 504 g/mol. The Bertz CT molecular complexity index is 1270. The molecule has 1 aliphatic heterocycles. The van der Waals surface area contributed by atoms with Crippen molar-refractivity contribution in [2.75, 3.05) is 29.7 Å². The number of likely N-dealkylation sites (N-methyl/N-ethyl adjacent to an activating group) is 1. The van der Waals surface area contributed by atoms with Gasteiger partial charge in [0.1, 0.15) is 17.6 Å². The summed E-state index contributed by atoms with van der Waals surface area (Å²) in [5.41, 5.74) is 2.62. The van der Waals surface area contributed by atoms with Crippen LogP contribution in [0.25, 0.3) is 0 Å². The first kappa shape index (κ1) is 25.3. The summed E-state index contributed by atoms with van der Waals surface area (Å²) in [5.74, 6) is 0.651. The van der Waals surface area contributed by atoms with E-state index >= 15 is 0 Å². The quantitative estimate of drug-likeness (QED) is 0.502. The summed E-state index contributed by atoms with van der Waals surface area (Å²) in [6.45, 7) is 6.49. The molecule has 1 aliphatic rings. The topological polar surface area (TPSA) is 97.2 Å². The Morgan fingerprint density at radius 1 is 1.25 bits per heavy atom. The van der Waals surface area contributed by atoms with Crippen LogP contribution in [0.4, 0.5) is 30.4 Å². The molecule has 0 spiro atoms. The zero-order valence-corrected chi connectivity index (χ0v) is 20.6. The van der Waals surface area contributed by atoms with Crippen LogP contribution >= 0.6 is 0 Å². The van der Waals surface area contributed by atoms with E-state index in [1.165, 1.54) is 13.2 Å². The van der Waals surface area contributed by atoms with Crippen LogP contribution in [0.3, 0.4) is 0 Å². The van der Waals surface area contributed by atoms with E-state index < -0.39 is 11.9 Å². The van der Waals surface area contributed by atoms with E-state index in [4.69, 9.17) is 4.74 Å². The minimum atomic E-state index is -4.55. The molecule has 0 unspecified atom stereocenters. The second-order valence-corrected chi connectivity index (χ2v) is 9.04. The molecule has 1 amide bonds. The number of methoxy groups -OCH3 is 1. The normalized spacial score (nSPS) is 15.6. The Kier molecular flexibility index (Phi) is 6.79. The number of aromatic nitrogens is 4. The van der Waals surface area contributed by atoms with Crippen molar-refractivity contribution in [3.8, 4) is 5.88 Å². The number of aryl methyl sites for hydroxylation is 1. The maximum Gasteiger partial charge on any atom is 0.433 e. The van der Waals surface area contributed by atoms with Crippen LogP contribution in [0.15, 0.2) is 30.6 Å². The van der Waals surface area contributed by atoms with E-state index in [1.807, 2.05) is 38.8 Å². The predicted molar refractivity (Wildman–Crippen MR) is 129 cm³/mol. The first-order valence-electron chi connectivity index (χ1n) is 11.4. The molecule has 9 nitrogen and oxygen atoms in total. The summed E-state index contributed by atoms with van der Waals surface area (Å²) in [4.78, 5) is 22.6. The summed E-state index contributed by atoms with van der Waals surface area (Å²) in [6.07, 6.45) is -1.09. The van der Waals surface area contributed by atoms with Crippen LogP contribution in [0.1, 0.15) is 36.4 Å². The van der Waals surface area contributed by atoms with Crippen molar-refractivity contribution >= 4 is 23.1 Å². The Balaban J connectivity index is 1.47. The molecule has 3 aromatic heterocycles. The number of nitrogens with one attached hydrogen (secondary N) is 2. The lowest BCUT2D eigenvalue weighted by Gasteiger charge is -2.38. The smallest absolute Gasteiger partial charge is 0.433 e. The lowest BCUT2D eigenvalue weighted by molar-refractivity contribution is -0.141. The molecule has 36 heavy (non-hydrogen) atoms. The van der Waals surface area contributed by atoms with Gasteiger partial charge in [-0.2, -0.15) is 18.3 Å². The second kappa shape index (κ2) is 9.67. The Labute approximate surface area is 206 Å². The average Bonchev–Trinajstić information content (AvgIpc) is 3.25. The van der Waals surface area contributed by atoms with Crippen molar-refractivity contribution in [2.45, 2.75) is 46.1 Å². The molecule has 0 aliphatic carbocycles. The number of amides is 1. The van der Waals surface area contributed by atoms with Crippen molar-refractivity contribution < 1.29 is 22.7 Å². The van der Waals surface area contributed by atoms with Gasteiger partial charge < -0.3 is 20.3 Å². The number of hydrogen-bond acceptors (Lipinski definition) is 7. The van der Waals surface area contributed by atoms with Gasteiger partial charge in [-0.3, -0.25) is 9.48 Å². The SMILES string of the molecule is COc1nc(C(F)(F)F)ccc1Cn1cc(CNc2cc3c(c(C)n2)NC(=O)[C@H](C(C)C)N3C)cn1. The van der Waals surface area contributed by atoms with Gasteiger partial charge >= 0.3 is 6.18 Å². The number of rotatable bonds is 7. The molecule has 1 atom stereocenters. The van der Waals surface area contributed by atoms with Crippen molar-refractivity contribution in [1.82, 2.24) is 19.7 Å². The first-order chi connectivity index (χ1) is 17.0. The van der Waals surface area contributed by atoms with E-state index in [0.29, 0.717) is 29.3 Å². The number of carbonyl (C=O) groups is 1. The summed E-state index contributed by atoms with van der Waals surface area (Å²) in [7, 11) is 3.18. The van der Waals surface area contributed by atoms with Gasteiger partial charge in [0.05, 0.1) is 36.9 Å². The first-order valence-corrected chi connectivity index (χ1v) is 11.4. The van der Waals surface area contributed by atoms with E-state index in [9.17, 15) is 18.0 Å². The number of anilines is 3. The van der Waals surface area contributed by atoms with Gasteiger partial charge in [-0.25, -0.2) is 9.97 Å². The number of hydrogen-bond donors (Lipinski definition) is 2. The van der Waals surface area contributed by atoms with Crippen LogP contribution < -0.4 is 20.3 Å².